The van der Waals surface area contributed by atoms with Crippen LogP contribution in [0.4, 0.5) is 4.79 Å². The number of ether oxygens (including phenoxy) is 6. The maximum absolute atomic E-state index is 14.8. The molecular formula is C65H82N2O19. The molecule has 2 bridgehead atoms. The highest BCUT2D eigenvalue weighted by Gasteiger charge is 2.57. The summed E-state index contributed by atoms with van der Waals surface area (Å²) in [6, 6.07) is 12.2. The van der Waals surface area contributed by atoms with E-state index in [1.165, 1.54) is 51.7 Å². The lowest BCUT2D eigenvalue weighted by atomic mass is 9.81. The summed E-state index contributed by atoms with van der Waals surface area (Å²) in [6.07, 6.45) is -0.492. The van der Waals surface area contributed by atoms with Gasteiger partial charge in [-0.25, -0.2) is 14.4 Å². The van der Waals surface area contributed by atoms with Gasteiger partial charge in [0.05, 0.1) is 54.8 Å². The maximum atomic E-state index is 14.8. The van der Waals surface area contributed by atoms with Gasteiger partial charge in [0.25, 0.3) is 11.7 Å². The van der Waals surface area contributed by atoms with Crippen LogP contribution in [0.1, 0.15) is 121 Å². The molecule has 8 rings (SSSR count). The van der Waals surface area contributed by atoms with Crippen molar-refractivity contribution in [3.05, 3.63) is 99.2 Å². The number of nitrogens with one attached hydrogen (secondary N) is 1. The Morgan fingerprint density at radius 3 is 2.29 bits per heavy atom. The van der Waals surface area contributed by atoms with Crippen molar-refractivity contribution in [2.75, 3.05) is 34.5 Å². The molecule has 2 aromatic carbocycles. The van der Waals surface area contributed by atoms with E-state index < -0.39 is 126 Å². The predicted molar refractivity (Wildman–Crippen MR) is 314 cm³/mol. The lowest BCUT2D eigenvalue weighted by molar-refractivity contribution is -0.302. The molecule has 2 aromatic rings. The second kappa shape index (κ2) is 28.3. The number of fused-ring (bicyclic) bond motifs is 5. The van der Waals surface area contributed by atoms with Gasteiger partial charge in [-0.2, -0.15) is 0 Å². The first-order chi connectivity index (χ1) is 41.0. The van der Waals surface area contributed by atoms with E-state index in [1.54, 1.807) is 51.1 Å². The fourth-order valence-corrected chi connectivity index (χ4v) is 13.1. The van der Waals surface area contributed by atoms with E-state index in [4.69, 9.17) is 32.8 Å². The summed E-state index contributed by atoms with van der Waals surface area (Å²) >= 11 is 0. The number of carbonyl (C=O) groups excluding carboxylic acids is 5. The Morgan fingerprint density at radius 2 is 1.57 bits per heavy atom. The van der Waals surface area contributed by atoms with Gasteiger partial charge < -0.3 is 68.6 Å². The van der Waals surface area contributed by atoms with Crippen molar-refractivity contribution in [1.29, 1.82) is 0 Å². The number of ketones is 2. The number of benzene rings is 3. The first kappa shape index (κ1) is 65.1. The van der Waals surface area contributed by atoms with Crippen LogP contribution in [0.3, 0.4) is 0 Å². The van der Waals surface area contributed by atoms with Gasteiger partial charge in [0.15, 0.2) is 5.43 Å². The van der Waals surface area contributed by atoms with Gasteiger partial charge in [0, 0.05) is 74.6 Å². The monoisotopic (exact) mass is 1190 g/mol. The van der Waals surface area contributed by atoms with Crippen molar-refractivity contribution in [3.8, 4) is 28.2 Å². The number of allylic oxidation sites excluding steroid dienone is 3. The predicted octanol–water partition coefficient (Wildman–Crippen LogP) is 7.66. The minimum atomic E-state index is -2.62. The molecule has 8 unspecified atom stereocenters. The highest BCUT2D eigenvalue weighted by molar-refractivity contribution is 6.39. The molecule has 3 fully saturated rings. The molecule has 0 spiro atoms. The molecule has 2 saturated heterocycles. The molecule has 21 heteroatoms. The van der Waals surface area contributed by atoms with Crippen molar-refractivity contribution >= 4 is 46.5 Å². The Bertz CT molecular complexity index is 3220. The van der Waals surface area contributed by atoms with Crippen LogP contribution in [0.15, 0.2) is 87.1 Å². The second-order valence-electron chi connectivity index (χ2n) is 24.0. The third-order valence-electron chi connectivity index (χ3n) is 17.9. The number of amides is 2. The molecule has 1 saturated carbocycles. The number of phenolic OH excluding ortho intramolecular Hbond substituents is 1. The number of rotatable bonds is 12. The Kier molecular flexibility index (Phi) is 21.5. The Morgan fingerprint density at radius 1 is 0.849 bits per heavy atom. The summed E-state index contributed by atoms with van der Waals surface area (Å²) in [5, 5.41) is 58.7. The lowest BCUT2D eigenvalue weighted by Gasteiger charge is -2.47. The Labute approximate surface area is 499 Å². The molecule has 2 aliphatic carbocycles. The molecule has 2 amide bonds. The zero-order valence-electron chi connectivity index (χ0n) is 50.2. The van der Waals surface area contributed by atoms with Gasteiger partial charge >= 0.3 is 18.0 Å². The quantitative estimate of drug-likeness (QED) is 0.0343. The number of aliphatic hydroxyl groups is 3. The van der Waals surface area contributed by atoms with Crippen molar-refractivity contribution in [2.45, 2.75) is 166 Å². The number of phenols is 1. The number of aromatic hydroxyl groups is 1. The number of carboxylic acid groups (broad SMARTS) is 1. The second-order valence-corrected chi connectivity index (χ2v) is 24.0. The van der Waals surface area contributed by atoms with Crippen LogP contribution in [0, 0.1) is 29.6 Å². The molecule has 21 nitrogen and oxygen atoms in total. The van der Waals surface area contributed by atoms with Gasteiger partial charge in [-0.15, -0.1) is 0 Å². The van der Waals surface area contributed by atoms with Crippen molar-refractivity contribution < 1.29 is 87.1 Å². The minimum Gasteiger partial charge on any atom is -0.508 e. The summed E-state index contributed by atoms with van der Waals surface area (Å²) in [5.41, 5.74) is 2.03. The number of methoxy groups -OCH3 is 3. The molecular weight excluding hydrogens is 1110 g/mol. The first-order valence-corrected chi connectivity index (χ1v) is 29.7. The molecule has 466 valence electrons. The number of carbonyl (C=O) groups is 6. The smallest absolute Gasteiger partial charge is 0.407 e. The molecule has 6 aliphatic rings. The van der Waals surface area contributed by atoms with Crippen LogP contribution in [-0.4, -0.2) is 155 Å². The van der Waals surface area contributed by atoms with E-state index in [-0.39, 0.29) is 72.5 Å². The standard InChI is InChI=1S/C65H82N2O19/c1-34-25-35(2)27-54(81-7)59-55(82-8)29-37(4)65(79,86-59)60(73)61(74)67-23-12-11-15-47(67)63(77)85-57(36(3)28-39-16-20-49(70)53(30-39)80-6)38(5)50(71)32-51(72)40(26-34)22-24-83-64(78)66-33-46-48(69)21-19-45-56(42-13-9-10-14-43(42)62(75)76)44-18-17-41(68)31-52(44)84-58(45)46/h9-10,13-14,17-19,21,26,28,31,35,37-40,47,49-50,53-55,57,59,68,70-71,79H,11-12,15-16,20,22-25,27,29-30,32-33H2,1-8H3,(H,66,78)(H,75,76)/b34-26+,36-28+/t35-,37?,38+,39?,40+,47?,49?,50?,53?,54-,55?,57+,59+,65?/m0/s1. The van der Waals surface area contributed by atoms with E-state index in [1.807, 2.05) is 19.9 Å². The van der Waals surface area contributed by atoms with Crippen molar-refractivity contribution in [2.24, 2.45) is 29.6 Å². The zero-order valence-corrected chi connectivity index (χ0v) is 50.2. The number of Topliss-reactive ketones (excluding diaryl/α,β-unsaturated/α-hetero) is 2. The zero-order chi connectivity index (χ0) is 62.3. The summed E-state index contributed by atoms with van der Waals surface area (Å²) in [4.78, 5) is 99.2. The van der Waals surface area contributed by atoms with E-state index in [0.29, 0.717) is 72.6 Å². The average Bonchev–Trinajstić information content (AvgIpc) is 0.813. The third-order valence-corrected chi connectivity index (χ3v) is 17.9. The molecule has 0 aromatic heterocycles. The van der Waals surface area contributed by atoms with Gasteiger partial charge in [-0.05, 0) is 131 Å². The maximum Gasteiger partial charge on any atom is 0.407 e. The number of aliphatic hydroxyl groups excluding tert-OH is 2. The Balaban J connectivity index is 1.08. The highest BCUT2D eigenvalue weighted by Crippen LogP contribution is 2.44. The van der Waals surface area contributed by atoms with Crippen molar-refractivity contribution in [1.82, 2.24) is 10.2 Å². The number of aromatic carboxylic acids is 1. The van der Waals surface area contributed by atoms with Crippen LogP contribution >= 0.6 is 0 Å². The van der Waals surface area contributed by atoms with Gasteiger partial charge in [0.2, 0.25) is 5.79 Å². The molecule has 0 radical (unpaired) electrons. The Hall–Kier alpha value is -6.85. The average molecular weight is 1200 g/mol. The van der Waals surface area contributed by atoms with E-state index in [9.17, 15) is 59.1 Å². The number of hydrogen-bond acceptors (Lipinski definition) is 18. The molecule has 4 aliphatic heterocycles. The minimum absolute atomic E-state index is 0.00525. The molecule has 14 atom stereocenters. The number of alkyl carbamates (subject to hydrolysis) is 1. The number of carboxylic acids is 1. The number of cyclic esters (lactones) is 1. The fraction of sp³-hybridized carbons (Fsp3) is 0.554. The van der Waals surface area contributed by atoms with Gasteiger partial charge in [-0.1, -0.05) is 56.7 Å². The van der Waals surface area contributed by atoms with Crippen LogP contribution in [0.25, 0.3) is 33.4 Å². The highest BCUT2D eigenvalue weighted by atomic mass is 16.7. The van der Waals surface area contributed by atoms with Crippen molar-refractivity contribution in [3.63, 3.8) is 0 Å². The number of piperidine rings is 1. The first-order valence-electron chi connectivity index (χ1n) is 29.7. The van der Waals surface area contributed by atoms with Gasteiger partial charge in [0.1, 0.15) is 41.1 Å². The molecule has 4 heterocycles. The summed E-state index contributed by atoms with van der Waals surface area (Å²) in [5.74, 6) is -10.6. The van der Waals surface area contributed by atoms with E-state index in [2.05, 4.69) is 5.32 Å². The normalized spacial score (nSPS) is 31.1. The SMILES string of the molecule is COC1CC(/C=C(\C)[C@H]2OC(=O)C3CCCCN3C(=O)C(=O)C3(O)O[C@@H](C(OC)CC3C)[C@@H](OC)C[C@@H](C)C/C(C)=C/[C@@H](CCOC(=O)NCc3c4oc5cc(O)ccc5c(-c5ccccc5C(=O)O)c-4ccc3=O)C(=O)CC(O)[C@H]2C)CCC1O. The largest absolute Gasteiger partial charge is 0.508 e. The topological polar surface area (TPSA) is 304 Å². The lowest BCUT2D eigenvalue weighted by Crippen LogP contribution is -2.64. The number of hydrogen-bond donors (Lipinski definition) is 6. The summed E-state index contributed by atoms with van der Waals surface area (Å²) in [6.45, 7) is 8.07. The number of nitrogens with zero attached hydrogens (tertiary/aromatic N) is 1. The van der Waals surface area contributed by atoms with Crippen LogP contribution in [-0.2, 0) is 54.1 Å². The van der Waals surface area contributed by atoms with E-state index >= 15 is 0 Å². The van der Waals surface area contributed by atoms with Crippen LogP contribution in [0.2, 0.25) is 0 Å². The molecule has 86 heavy (non-hydrogen) atoms. The fourth-order valence-electron chi connectivity index (χ4n) is 13.1. The molecule has 6 N–H and O–H groups in total. The van der Waals surface area contributed by atoms with E-state index in [0.717, 1.165) is 10.5 Å². The van der Waals surface area contributed by atoms with Gasteiger partial charge in [-0.3, -0.25) is 19.2 Å². The summed E-state index contributed by atoms with van der Waals surface area (Å²) in [7, 11) is 4.47. The third kappa shape index (κ3) is 14.4. The summed E-state index contributed by atoms with van der Waals surface area (Å²) < 4.78 is 42.0. The number of esters is 1. The van der Waals surface area contributed by atoms with Crippen LogP contribution < -0.4 is 10.7 Å². The van der Waals surface area contributed by atoms with Crippen LogP contribution in [0.5, 0.6) is 5.75 Å².